The van der Waals surface area contributed by atoms with Crippen molar-refractivity contribution >= 4 is 33.1 Å². The highest BCUT2D eigenvalue weighted by Gasteiger charge is 2.10. The highest BCUT2D eigenvalue weighted by atomic mass is 32.2. The Kier molecular flexibility index (Phi) is 4.02. The fourth-order valence-electron chi connectivity index (χ4n) is 2.61. The van der Waals surface area contributed by atoms with E-state index in [9.17, 15) is 13.2 Å². The number of hydrogen-bond donors (Lipinski definition) is 3. The molecule has 0 atom stereocenters. The molecule has 9 heteroatoms. The second kappa shape index (κ2) is 6.38. The summed E-state index contributed by atoms with van der Waals surface area (Å²) in [6.45, 7) is 0. The van der Waals surface area contributed by atoms with Gasteiger partial charge in [0, 0.05) is 5.56 Å². The third-order valence-electron chi connectivity index (χ3n) is 3.90. The van der Waals surface area contributed by atoms with Crippen LogP contribution in [-0.4, -0.2) is 29.2 Å². The van der Waals surface area contributed by atoms with Crippen LogP contribution in [0.2, 0.25) is 0 Å². The van der Waals surface area contributed by atoms with Gasteiger partial charge in [-0.25, -0.2) is 4.79 Å². The molecule has 0 radical (unpaired) electrons. The van der Waals surface area contributed by atoms with Gasteiger partial charge in [0.1, 0.15) is 11.5 Å². The average molecular weight is 383 g/mol. The Morgan fingerprint density at radius 2 is 1.70 bits per heavy atom. The minimum absolute atomic E-state index is 0.183. The van der Waals surface area contributed by atoms with Gasteiger partial charge in [0.25, 0.3) is 10.1 Å². The van der Waals surface area contributed by atoms with E-state index >= 15 is 0 Å². The molecule has 2 aromatic heterocycles. The Morgan fingerprint density at radius 1 is 0.963 bits per heavy atom. The van der Waals surface area contributed by atoms with E-state index in [2.05, 4.69) is 15.0 Å². The number of H-pyrrole nitrogens is 2. The van der Waals surface area contributed by atoms with Crippen LogP contribution in [0.3, 0.4) is 0 Å². The molecule has 0 aliphatic rings. The van der Waals surface area contributed by atoms with E-state index < -0.39 is 10.1 Å². The van der Waals surface area contributed by atoms with Crippen molar-refractivity contribution in [3.63, 3.8) is 0 Å². The van der Waals surface area contributed by atoms with Crippen molar-refractivity contribution in [2.45, 2.75) is 4.90 Å². The van der Waals surface area contributed by atoms with Gasteiger partial charge in [0.05, 0.1) is 27.8 Å². The predicted molar refractivity (Wildman–Crippen MR) is 100 cm³/mol. The predicted octanol–water partition coefficient (Wildman–Crippen LogP) is 3.11. The molecular weight excluding hydrogens is 370 g/mol. The molecule has 3 N–H and O–H groups in total. The molecule has 136 valence electrons. The van der Waals surface area contributed by atoms with Crippen LogP contribution in [0, 0.1) is 0 Å². The maximum atomic E-state index is 11.3. The summed E-state index contributed by atoms with van der Waals surface area (Å²) >= 11 is 0. The van der Waals surface area contributed by atoms with E-state index in [-0.39, 0.29) is 10.6 Å². The largest absolute Gasteiger partial charge is 0.455 e. The molecule has 2 aromatic carbocycles. The monoisotopic (exact) mass is 383 g/mol. The number of benzene rings is 2. The fraction of sp³-hybridized carbons (Fsp3) is 0. The average Bonchev–Trinajstić information content (AvgIpc) is 3.24. The van der Waals surface area contributed by atoms with Crippen LogP contribution in [0.15, 0.2) is 73.7 Å². The van der Waals surface area contributed by atoms with Gasteiger partial charge in [-0.1, -0.05) is 0 Å². The first-order valence-electron chi connectivity index (χ1n) is 7.82. The minimum Gasteiger partial charge on any atom is -0.455 e. The lowest BCUT2D eigenvalue weighted by atomic mass is 10.2. The van der Waals surface area contributed by atoms with Crippen LogP contribution in [0.25, 0.3) is 22.4 Å². The number of imidazole rings is 1. The van der Waals surface area contributed by atoms with Crippen molar-refractivity contribution in [2.75, 3.05) is 0 Å². The molecule has 0 unspecified atom stereocenters. The van der Waals surface area contributed by atoms with Gasteiger partial charge in [-0.15, -0.1) is 0 Å². The number of hydrogen-bond acceptors (Lipinski definition) is 5. The number of nitrogens with zero attached hydrogens (tertiary/aromatic N) is 1. The molecule has 0 fully saturated rings. The van der Waals surface area contributed by atoms with Crippen molar-refractivity contribution in [3.05, 3.63) is 70.8 Å². The first-order chi connectivity index (χ1) is 12.9. The Morgan fingerprint density at radius 3 is 2.44 bits per heavy atom. The molecule has 0 amide bonds. The first-order valence-corrected chi connectivity index (χ1v) is 9.26. The molecule has 8 nitrogen and oxygen atoms in total. The summed E-state index contributed by atoms with van der Waals surface area (Å²) < 4.78 is 36.9. The van der Waals surface area contributed by atoms with E-state index in [0.29, 0.717) is 33.8 Å². The normalized spacial score (nSPS) is 12.2. The summed E-state index contributed by atoms with van der Waals surface area (Å²) in [6.07, 6.45) is 1.54. The maximum absolute atomic E-state index is 11.3. The minimum atomic E-state index is -4.23. The lowest BCUT2D eigenvalue weighted by Gasteiger charge is -1.99. The fourth-order valence-corrected chi connectivity index (χ4v) is 3.09. The van der Waals surface area contributed by atoms with Crippen LogP contribution >= 0.6 is 0 Å². The van der Waals surface area contributed by atoms with Crippen molar-refractivity contribution in [2.24, 2.45) is 4.99 Å². The van der Waals surface area contributed by atoms with E-state index in [1.54, 1.807) is 48.7 Å². The van der Waals surface area contributed by atoms with E-state index in [1.807, 2.05) is 0 Å². The molecule has 0 aliphatic carbocycles. The topological polar surface area (TPSA) is 129 Å². The zero-order valence-electron chi connectivity index (χ0n) is 13.7. The van der Waals surface area contributed by atoms with Gasteiger partial charge >= 0.3 is 5.69 Å². The van der Waals surface area contributed by atoms with Crippen molar-refractivity contribution in [1.29, 1.82) is 0 Å². The second-order valence-electron chi connectivity index (χ2n) is 5.77. The number of aliphatic imine (C=N–C) groups is 1. The smallest absolute Gasteiger partial charge is 0.323 e. The lowest BCUT2D eigenvalue weighted by molar-refractivity contribution is 0.483. The maximum Gasteiger partial charge on any atom is 0.323 e. The highest BCUT2D eigenvalue weighted by molar-refractivity contribution is 7.85. The van der Waals surface area contributed by atoms with Crippen molar-refractivity contribution in [3.8, 4) is 11.3 Å². The second-order valence-corrected chi connectivity index (χ2v) is 7.19. The van der Waals surface area contributed by atoms with Crippen LogP contribution in [0.1, 0.15) is 5.76 Å². The molecular formula is C18H13N3O5S. The molecule has 0 aliphatic heterocycles. The third-order valence-corrected chi connectivity index (χ3v) is 4.77. The van der Waals surface area contributed by atoms with Crippen molar-refractivity contribution < 1.29 is 17.4 Å². The lowest BCUT2D eigenvalue weighted by Crippen LogP contribution is -1.99. The summed E-state index contributed by atoms with van der Waals surface area (Å²) in [5.74, 6) is 1.04. The van der Waals surface area contributed by atoms with Crippen LogP contribution in [0.4, 0.5) is 5.69 Å². The molecule has 0 saturated heterocycles. The molecule has 4 aromatic rings. The van der Waals surface area contributed by atoms with Gasteiger partial charge in [-0.05, 0) is 54.6 Å². The molecule has 2 heterocycles. The Labute approximate surface area is 153 Å². The van der Waals surface area contributed by atoms with Gasteiger partial charge in [0.15, 0.2) is 0 Å². The standard InChI is InChI=1S/C18H13N3O5S/c22-18-20-15-7-3-12(9-16(15)21-18)19-10-13-4-8-17(26-13)11-1-5-14(6-2-11)27(23,24)25/h1-10H,(H2,20,21,22)(H,23,24,25). The Bertz CT molecular complexity index is 1310. The Hall–Kier alpha value is -3.43. The van der Waals surface area contributed by atoms with Crippen LogP contribution in [0.5, 0.6) is 0 Å². The number of fused-ring (bicyclic) bond motifs is 1. The number of aromatic nitrogens is 2. The SMILES string of the molecule is O=c1[nH]c2ccc(N=Cc3ccc(-c4ccc(S(=O)(=O)O)cc4)o3)cc2[nH]1. The van der Waals surface area contributed by atoms with Crippen molar-refractivity contribution in [1.82, 2.24) is 9.97 Å². The third kappa shape index (κ3) is 3.59. The summed E-state index contributed by atoms with van der Waals surface area (Å²) in [7, 11) is -4.23. The summed E-state index contributed by atoms with van der Waals surface area (Å²) in [5.41, 5.74) is 2.39. The Balaban J connectivity index is 1.56. The van der Waals surface area contributed by atoms with E-state index in [1.165, 1.54) is 12.1 Å². The summed E-state index contributed by atoms with van der Waals surface area (Å²) in [4.78, 5) is 20.7. The molecule has 0 saturated carbocycles. The summed E-state index contributed by atoms with van der Waals surface area (Å²) in [5, 5.41) is 0. The number of furan rings is 1. The van der Waals surface area contributed by atoms with Gasteiger partial charge in [-0.2, -0.15) is 8.42 Å². The molecule has 4 rings (SSSR count). The van der Waals surface area contributed by atoms with Gasteiger partial charge in [-0.3, -0.25) is 9.55 Å². The number of rotatable bonds is 4. The van der Waals surface area contributed by atoms with Gasteiger partial charge < -0.3 is 14.4 Å². The highest BCUT2D eigenvalue weighted by Crippen LogP contribution is 2.24. The number of nitrogens with one attached hydrogen (secondary N) is 2. The van der Waals surface area contributed by atoms with Crippen LogP contribution < -0.4 is 5.69 Å². The quantitative estimate of drug-likeness (QED) is 0.368. The van der Waals surface area contributed by atoms with Gasteiger partial charge in [0.2, 0.25) is 0 Å². The molecule has 0 spiro atoms. The van der Waals surface area contributed by atoms with E-state index in [4.69, 9.17) is 8.97 Å². The van der Waals surface area contributed by atoms with E-state index in [0.717, 1.165) is 0 Å². The first kappa shape index (κ1) is 17.0. The zero-order chi connectivity index (χ0) is 19.0. The molecule has 0 bridgehead atoms. The van der Waals surface area contributed by atoms with Crippen LogP contribution in [-0.2, 0) is 10.1 Å². The number of aromatic amines is 2. The molecule has 27 heavy (non-hydrogen) atoms. The zero-order valence-corrected chi connectivity index (χ0v) is 14.5. The summed E-state index contributed by atoms with van der Waals surface area (Å²) in [6, 6.07) is 14.4.